The zero-order chi connectivity index (χ0) is 30.3. The van der Waals surface area contributed by atoms with E-state index < -0.39 is 6.17 Å². The van der Waals surface area contributed by atoms with Crippen LogP contribution in [0.2, 0.25) is 0 Å². The molecule has 0 spiro atoms. The molecule has 0 radical (unpaired) electrons. The van der Waals surface area contributed by atoms with Crippen LogP contribution >= 0.6 is 0 Å². The number of anilines is 1. The van der Waals surface area contributed by atoms with Crippen molar-refractivity contribution >= 4 is 17.3 Å². The van der Waals surface area contributed by atoms with E-state index in [0.717, 1.165) is 29.8 Å². The standard InChI is InChI=1S/C34H39FN6O2/c1-23(2)27-8-6-25(7-9-27)21-41-22-28(18-38-41)33(42)39-30-17-31(34(43)37-19-30)32-16-24(3)15-26(5-4-12-36-32)20-40-13-10-29(35)11-14-40/h4-9,15-19,22-23,29,36H,3,10-14,20-21H2,1-2H3,(H,37,43)(H,39,42)/b5-4-,26-15?,32-16-. The molecule has 1 amide bonds. The number of nitrogens with zero attached hydrogens (tertiary/aromatic N) is 3. The van der Waals surface area contributed by atoms with Gasteiger partial charge in [0.2, 0.25) is 0 Å². The van der Waals surface area contributed by atoms with Crippen molar-refractivity contribution in [3.8, 4) is 0 Å². The molecule has 0 bridgehead atoms. The van der Waals surface area contributed by atoms with E-state index in [1.165, 1.54) is 18.0 Å². The number of H-pyrrole nitrogens is 1. The highest BCUT2D eigenvalue weighted by atomic mass is 19.1. The summed E-state index contributed by atoms with van der Waals surface area (Å²) in [7, 11) is 0. The van der Waals surface area contributed by atoms with E-state index in [2.05, 4.69) is 70.3 Å². The van der Waals surface area contributed by atoms with Gasteiger partial charge in [0.1, 0.15) is 6.17 Å². The third-order valence-electron chi connectivity index (χ3n) is 7.70. The summed E-state index contributed by atoms with van der Waals surface area (Å²) in [4.78, 5) is 30.9. The second-order valence-electron chi connectivity index (χ2n) is 11.5. The summed E-state index contributed by atoms with van der Waals surface area (Å²) >= 11 is 0. The number of aromatic amines is 1. The fraction of sp³-hybridized carbons (Fsp3) is 0.324. The quantitative estimate of drug-likeness (QED) is 0.330. The van der Waals surface area contributed by atoms with Crippen molar-refractivity contribution < 1.29 is 9.18 Å². The lowest BCUT2D eigenvalue weighted by Gasteiger charge is -2.28. The second-order valence-corrected chi connectivity index (χ2v) is 11.5. The number of amides is 1. The predicted molar refractivity (Wildman–Crippen MR) is 170 cm³/mol. The Kier molecular flexibility index (Phi) is 9.51. The van der Waals surface area contributed by atoms with Gasteiger partial charge in [0.25, 0.3) is 11.5 Å². The zero-order valence-corrected chi connectivity index (χ0v) is 24.8. The minimum atomic E-state index is -0.708. The topological polar surface area (TPSA) is 95.0 Å². The third-order valence-corrected chi connectivity index (χ3v) is 7.70. The molecule has 3 N–H and O–H groups in total. The molecule has 43 heavy (non-hydrogen) atoms. The van der Waals surface area contributed by atoms with Crippen LogP contribution in [0.15, 0.2) is 95.7 Å². The Hall–Kier alpha value is -4.50. The predicted octanol–water partition coefficient (Wildman–Crippen LogP) is 5.41. The summed E-state index contributed by atoms with van der Waals surface area (Å²) in [6, 6.07) is 10.0. The molecule has 9 heteroatoms. The first-order valence-corrected chi connectivity index (χ1v) is 14.8. The summed E-state index contributed by atoms with van der Waals surface area (Å²) < 4.78 is 15.3. The first-order valence-electron chi connectivity index (χ1n) is 14.8. The molecule has 224 valence electrons. The number of benzene rings is 1. The van der Waals surface area contributed by atoms with E-state index in [0.29, 0.717) is 60.9 Å². The highest BCUT2D eigenvalue weighted by Crippen LogP contribution is 2.20. The highest BCUT2D eigenvalue weighted by molar-refractivity contribution is 6.04. The minimum Gasteiger partial charge on any atom is -0.381 e. The number of nitrogens with one attached hydrogen (secondary N) is 3. The lowest BCUT2D eigenvalue weighted by atomic mass is 10.0. The molecular weight excluding hydrogens is 543 g/mol. The molecular formula is C34H39FN6O2. The molecule has 0 atom stereocenters. The van der Waals surface area contributed by atoms with E-state index in [1.807, 2.05) is 24.3 Å². The Bertz CT molecular complexity index is 1600. The number of rotatable bonds is 8. The molecule has 2 aliphatic heterocycles. The van der Waals surface area contributed by atoms with Crippen molar-refractivity contribution in [2.45, 2.75) is 45.3 Å². The third kappa shape index (κ3) is 8.08. The first kappa shape index (κ1) is 30.0. The van der Waals surface area contributed by atoms with E-state index in [1.54, 1.807) is 16.9 Å². The smallest absolute Gasteiger partial charge is 0.258 e. The maximum atomic E-state index is 13.6. The van der Waals surface area contributed by atoms with Crippen LogP contribution in [0.5, 0.6) is 0 Å². The maximum absolute atomic E-state index is 13.6. The molecule has 0 aliphatic carbocycles. The summed E-state index contributed by atoms with van der Waals surface area (Å²) in [5.74, 6) is 0.141. The van der Waals surface area contributed by atoms with Gasteiger partial charge in [-0.2, -0.15) is 5.10 Å². The lowest BCUT2D eigenvalue weighted by molar-refractivity contribution is 0.102. The highest BCUT2D eigenvalue weighted by Gasteiger charge is 2.19. The van der Waals surface area contributed by atoms with Gasteiger partial charge in [-0.25, -0.2) is 4.39 Å². The van der Waals surface area contributed by atoms with Gasteiger partial charge in [-0.15, -0.1) is 0 Å². The van der Waals surface area contributed by atoms with Crippen LogP contribution in [0, 0.1) is 0 Å². The molecule has 2 aromatic heterocycles. The van der Waals surface area contributed by atoms with Crippen molar-refractivity contribution in [1.29, 1.82) is 0 Å². The van der Waals surface area contributed by atoms with Gasteiger partial charge in [0, 0.05) is 44.3 Å². The Labute approximate surface area is 251 Å². The number of alkyl halides is 1. The molecule has 1 fully saturated rings. The van der Waals surface area contributed by atoms with Crippen molar-refractivity contribution in [2.24, 2.45) is 0 Å². The first-order chi connectivity index (χ1) is 20.7. The van der Waals surface area contributed by atoms with Crippen molar-refractivity contribution in [1.82, 2.24) is 25.0 Å². The van der Waals surface area contributed by atoms with Crippen molar-refractivity contribution in [2.75, 3.05) is 31.5 Å². The molecule has 2 aliphatic rings. The van der Waals surface area contributed by atoms with Crippen LogP contribution in [0.4, 0.5) is 10.1 Å². The summed E-state index contributed by atoms with van der Waals surface area (Å²) in [6.45, 7) is 11.7. The average molecular weight is 583 g/mol. The molecule has 4 heterocycles. The summed E-state index contributed by atoms with van der Waals surface area (Å²) in [5.41, 5.74) is 5.73. The summed E-state index contributed by atoms with van der Waals surface area (Å²) in [6.07, 6.45) is 13.0. The number of hydrogen-bond acceptors (Lipinski definition) is 5. The van der Waals surface area contributed by atoms with Gasteiger partial charge in [-0.1, -0.05) is 62.9 Å². The molecule has 0 unspecified atom stereocenters. The minimum absolute atomic E-state index is 0.289. The molecule has 1 saturated heterocycles. The monoisotopic (exact) mass is 582 g/mol. The second kappa shape index (κ2) is 13.6. The van der Waals surface area contributed by atoms with Crippen molar-refractivity contribution in [3.05, 3.63) is 124 Å². The van der Waals surface area contributed by atoms with Gasteiger partial charge >= 0.3 is 0 Å². The van der Waals surface area contributed by atoms with E-state index in [-0.39, 0.29) is 11.5 Å². The molecule has 0 saturated carbocycles. The fourth-order valence-corrected chi connectivity index (χ4v) is 5.25. The van der Waals surface area contributed by atoms with Crippen LogP contribution in [0.3, 0.4) is 0 Å². The van der Waals surface area contributed by atoms with E-state index in [4.69, 9.17) is 0 Å². The van der Waals surface area contributed by atoms with Gasteiger partial charge in [-0.3, -0.25) is 19.2 Å². The number of aromatic nitrogens is 3. The van der Waals surface area contributed by atoms with Gasteiger partial charge in [-0.05, 0) is 53.2 Å². The lowest BCUT2D eigenvalue weighted by Crippen LogP contribution is -2.35. The van der Waals surface area contributed by atoms with Crippen LogP contribution in [0.25, 0.3) is 5.70 Å². The number of allylic oxidation sites excluding steroid dienone is 3. The zero-order valence-electron chi connectivity index (χ0n) is 24.8. The Balaban J connectivity index is 1.26. The van der Waals surface area contributed by atoms with Crippen molar-refractivity contribution in [3.63, 3.8) is 0 Å². The molecule has 5 rings (SSSR count). The summed E-state index contributed by atoms with van der Waals surface area (Å²) in [5, 5.41) is 10.5. The number of carbonyl (C=O) groups is 1. The molecule has 8 nitrogen and oxygen atoms in total. The van der Waals surface area contributed by atoms with E-state index in [9.17, 15) is 14.0 Å². The number of pyridine rings is 1. The number of likely N-dealkylation sites (tertiary alicyclic amines) is 1. The number of piperidine rings is 1. The molecule has 3 aromatic rings. The largest absolute Gasteiger partial charge is 0.381 e. The van der Waals surface area contributed by atoms with Crippen LogP contribution in [-0.4, -0.2) is 57.9 Å². The molecule has 1 aromatic carbocycles. The fourth-order valence-electron chi connectivity index (χ4n) is 5.25. The maximum Gasteiger partial charge on any atom is 0.258 e. The van der Waals surface area contributed by atoms with Crippen LogP contribution < -0.4 is 16.2 Å². The Morgan fingerprint density at radius 1 is 1.16 bits per heavy atom. The van der Waals surface area contributed by atoms with E-state index >= 15 is 0 Å². The normalized spacial score (nSPS) is 18.6. The van der Waals surface area contributed by atoms with Crippen LogP contribution in [-0.2, 0) is 6.54 Å². The van der Waals surface area contributed by atoms with Gasteiger partial charge in [0.05, 0.1) is 29.6 Å². The van der Waals surface area contributed by atoms with Gasteiger partial charge < -0.3 is 15.6 Å². The average Bonchev–Trinajstić information content (AvgIpc) is 3.48. The van der Waals surface area contributed by atoms with Crippen LogP contribution in [0.1, 0.15) is 59.7 Å². The van der Waals surface area contributed by atoms with Gasteiger partial charge in [0.15, 0.2) is 0 Å². The Morgan fingerprint density at radius 2 is 1.93 bits per heavy atom. The number of carbonyl (C=O) groups excluding carboxylic acids is 1. The number of hydrogen-bond donors (Lipinski definition) is 3. The SMILES string of the molecule is C=C1C=C(CN2CCC(F)CC2)/C=C\CN/C(c2cc(NC(=O)c3cnn(Cc4ccc(C(C)C)cc4)c3)c[nH]c2=O)=C\1. The number of halogens is 1. The Morgan fingerprint density at radius 3 is 2.67 bits per heavy atom.